The summed E-state index contributed by atoms with van der Waals surface area (Å²) in [5.74, 6) is 0.168. The highest BCUT2D eigenvalue weighted by Gasteiger charge is 2.39. The molecule has 0 radical (unpaired) electrons. The fourth-order valence-corrected chi connectivity index (χ4v) is 2.90. The Morgan fingerprint density at radius 3 is 2.88 bits per heavy atom. The largest absolute Gasteiger partial charge is 0.436 e. The topological polar surface area (TPSA) is 59.3 Å². The van der Waals surface area contributed by atoms with E-state index < -0.39 is 12.2 Å². The number of nitrogens with zero attached hydrogens (tertiary/aromatic N) is 1. The summed E-state index contributed by atoms with van der Waals surface area (Å²) in [6.45, 7) is 2.16. The smallest absolute Gasteiger partial charge is 0.412 e. The summed E-state index contributed by atoms with van der Waals surface area (Å²) in [5, 5.41) is 5.52. The Labute approximate surface area is 141 Å². The van der Waals surface area contributed by atoms with E-state index in [9.17, 15) is 13.2 Å². The summed E-state index contributed by atoms with van der Waals surface area (Å²) >= 11 is 0. The highest BCUT2D eigenvalue weighted by molar-refractivity contribution is 5.79. The van der Waals surface area contributed by atoms with E-state index in [1.807, 2.05) is 12.1 Å². The molecule has 2 aromatic rings. The average Bonchev–Trinajstić information content (AvgIpc) is 3.05. The molecule has 0 spiro atoms. The van der Waals surface area contributed by atoms with Crippen LogP contribution in [0.15, 0.2) is 41.0 Å². The van der Waals surface area contributed by atoms with Crippen molar-refractivity contribution in [2.24, 2.45) is 0 Å². The van der Waals surface area contributed by atoms with Crippen LogP contribution >= 0.6 is 0 Å². The molecule has 0 saturated carbocycles. The number of halogens is 3. The molecule has 2 aliphatic heterocycles. The summed E-state index contributed by atoms with van der Waals surface area (Å²) in [7, 11) is 0. The standard InChI is InChI=1S/C17H16F3N3O2/c18-17(19,20)15-8-11(3-4-22-15)16-23-12-2-1-10(7-13(12)25-16)14-9-21-5-6-24-14/h1-4,7-8,14-15,21-22H,5-6,9H2/t14-,15?/m1/s1. The number of hydrogen-bond acceptors (Lipinski definition) is 5. The number of fused-ring (bicyclic) bond motifs is 1. The fourth-order valence-electron chi connectivity index (χ4n) is 2.90. The molecule has 8 heteroatoms. The predicted molar refractivity (Wildman–Crippen MR) is 85.7 cm³/mol. The van der Waals surface area contributed by atoms with Gasteiger partial charge in [0.05, 0.1) is 12.7 Å². The van der Waals surface area contributed by atoms with E-state index in [1.54, 1.807) is 6.07 Å². The van der Waals surface area contributed by atoms with Crippen molar-refractivity contribution in [3.8, 4) is 0 Å². The van der Waals surface area contributed by atoms with E-state index in [4.69, 9.17) is 9.15 Å². The molecule has 1 aromatic carbocycles. The van der Waals surface area contributed by atoms with Crippen molar-refractivity contribution in [2.45, 2.75) is 18.3 Å². The zero-order valence-corrected chi connectivity index (χ0v) is 13.1. The third-order valence-electron chi connectivity index (χ3n) is 4.20. The second-order valence-corrected chi connectivity index (χ2v) is 5.95. The monoisotopic (exact) mass is 351 g/mol. The quantitative estimate of drug-likeness (QED) is 0.871. The molecular weight excluding hydrogens is 335 g/mol. The van der Waals surface area contributed by atoms with Crippen LogP contribution in [0.3, 0.4) is 0 Å². The molecule has 1 aromatic heterocycles. The average molecular weight is 351 g/mol. The molecule has 2 aliphatic rings. The van der Waals surface area contributed by atoms with Crippen molar-refractivity contribution in [1.29, 1.82) is 0 Å². The van der Waals surface area contributed by atoms with Gasteiger partial charge in [-0.25, -0.2) is 4.98 Å². The molecule has 132 valence electrons. The fraction of sp³-hybridized carbons (Fsp3) is 0.353. The molecule has 2 N–H and O–H groups in total. The molecular formula is C17H16F3N3O2. The van der Waals surface area contributed by atoms with Gasteiger partial charge in [0.15, 0.2) is 5.58 Å². The number of benzene rings is 1. The van der Waals surface area contributed by atoms with Crippen molar-refractivity contribution < 1.29 is 22.3 Å². The first-order valence-electron chi connectivity index (χ1n) is 7.95. The first kappa shape index (κ1) is 16.2. The zero-order valence-electron chi connectivity index (χ0n) is 13.1. The minimum absolute atomic E-state index is 0.0701. The molecule has 25 heavy (non-hydrogen) atoms. The lowest BCUT2D eigenvalue weighted by Crippen LogP contribution is -2.39. The first-order chi connectivity index (χ1) is 12.0. The molecule has 4 rings (SSSR count). The number of ether oxygens (including phenoxy) is 1. The van der Waals surface area contributed by atoms with Gasteiger partial charge in [-0.2, -0.15) is 13.2 Å². The number of dihydropyridines is 1. The molecule has 0 aliphatic carbocycles. The molecule has 1 fully saturated rings. The van der Waals surface area contributed by atoms with Gasteiger partial charge in [0.25, 0.3) is 0 Å². The number of aromatic nitrogens is 1. The van der Waals surface area contributed by atoms with Gasteiger partial charge in [-0.05, 0) is 36.0 Å². The lowest BCUT2D eigenvalue weighted by Gasteiger charge is -2.23. The zero-order chi connectivity index (χ0) is 17.4. The molecule has 1 saturated heterocycles. The third-order valence-corrected chi connectivity index (χ3v) is 4.20. The lowest BCUT2D eigenvalue weighted by molar-refractivity contribution is -0.142. The van der Waals surface area contributed by atoms with Crippen molar-refractivity contribution >= 4 is 16.7 Å². The van der Waals surface area contributed by atoms with Gasteiger partial charge in [-0.15, -0.1) is 0 Å². The number of allylic oxidation sites excluding steroid dienone is 2. The lowest BCUT2D eigenvalue weighted by atomic mass is 10.1. The van der Waals surface area contributed by atoms with Crippen molar-refractivity contribution in [1.82, 2.24) is 15.6 Å². The van der Waals surface area contributed by atoms with Crippen LogP contribution in [-0.4, -0.2) is 36.9 Å². The number of rotatable bonds is 2. The van der Waals surface area contributed by atoms with Crippen LogP contribution < -0.4 is 10.6 Å². The predicted octanol–water partition coefficient (Wildman–Crippen LogP) is 2.92. The molecule has 5 nitrogen and oxygen atoms in total. The van der Waals surface area contributed by atoms with E-state index in [-0.39, 0.29) is 12.0 Å². The molecule has 0 amide bonds. The van der Waals surface area contributed by atoms with Crippen molar-refractivity contribution in [2.75, 3.05) is 19.7 Å². The summed E-state index contributed by atoms with van der Waals surface area (Å²) in [4.78, 5) is 4.30. The summed E-state index contributed by atoms with van der Waals surface area (Å²) in [6.07, 6.45) is -0.600. The minimum atomic E-state index is -4.37. The first-order valence-corrected chi connectivity index (χ1v) is 7.95. The Morgan fingerprint density at radius 1 is 1.24 bits per heavy atom. The molecule has 2 atom stereocenters. The van der Waals surface area contributed by atoms with Crippen molar-refractivity contribution in [3.63, 3.8) is 0 Å². The third kappa shape index (κ3) is 3.27. The molecule has 1 unspecified atom stereocenters. The second-order valence-electron chi connectivity index (χ2n) is 5.95. The Hall–Kier alpha value is -2.32. The number of hydrogen-bond donors (Lipinski definition) is 2. The Balaban J connectivity index is 1.65. The van der Waals surface area contributed by atoms with Crippen LogP contribution in [0.2, 0.25) is 0 Å². The highest BCUT2D eigenvalue weighted by atomic mass is 19.4. The van der Waals surface area contributed by atoms with Gasteiger partial charge in [0, 0.05) is 18.7 Å². The van der Waals surface area contributed by atoms with E-state index >= 15 is 0 Å². The van der Waals surface area contributed by atoms with E-state index in [0.717, 1.165) is 18.2 Å². The SMILES string of the molecule is FC(F)(F)C1C=C(c2nc3ccc([C@H]4CNCCO4)cc3o2)C=CN1. The van der Waals surface area contributed by atoms with Gasteiger partial charge < -0.3 is 19.8 Å². The van der Waals surface area contributed by atoms with E-state index in [2.05, 4.69) is 15.6 Å². The van der Waals surface area contributed by atoms with Gasteiger partial charge in [-0.1, -0.05) is 6.07 Å². The normalized spacial score (nSPS) is 24.2. The van der Waals surface area contributed by atoms with Gasteiger partial charge in [-0.3, -0.25) is 0 Å². The van der Waals surface area contributed by atoms with Crippen LogP contribution in [0.25, 0.3) is 16.7 Å². The minimum Gasteiger partial charge on any atom is -0.436 e. The van der Waals surface area contributed by atoms with Crippen LogP contribution in [0, 0.1) is 0 Å². The van der Waals surface area contributed by atoms with Crippen molar-refractivity contribution in [3.05, 3.63) is 48.0 Å². The highest BCUT2D eigenvalue weighted by Crippen LogP contribution is 2.30. The Morgan fingerprint density at radius 2 is 2.12 bits per heavy atom. The van der Waals surface area contributed by atoms with Crippen LogP contribution in [0.1, 0.15) is 17.6 Å². The number of oxazole rings is 1. The number of alkyl halides is 3. The van der Waals surface area contributed by atoms with Crippen LogP contribution in [-0.2, 0) is 4.74 Å². The van der Waals surface area contributed by atoms with Gasteiger partial charge >= 0.3 is 6.18 Å². The van der Waals surface area contributed by atoms with Crippen LogP contribution in [0.4, 0.5) is 13.2 Å². The Bertz CT molecular complexity index is 835. The summed E-state index contributed by atoms with van der Waals surface area (Å²) in [5.41, 5.74) is 2.37. The molecule has 0 bridgehead atoms. The Kier molecular flexibility index (Phi) is 4.01. The van der Waals surface area contributed by atoms with E-state index in [1.165, 1.54) is 12.3 Å². The summed E-state index contributed by atoms with van der Waals surface area (Å²) < 4.78 is 50.1. The summed E-state index contributed by atoms with van der Waals surface area (Å²) in [6, 6.07) is 3.77. The van der Waals surface area contributed by atoms with E-state index in [0.29, 0.717) is 29.8 Å². The van der Waals surface area contributed by atoms with Crippen LogP contribution in [0.5, 0.6) is 0 Å². The van der Waals surface area contributed by atoms with Gasteiger partial charge in [0.2, 0.25) is 5.89 Å². The maximum atomic E-state index is 12.9. The maximum Gasteiger partial charge on any atom is 0.412 e. The van der Waals surface area contributed by atoms with Gasteiger partial charge in [0.1, 0.15) is 11.6 Å². The number of nitrogens with one attached hydrogen (secondary N) is 2. The second kappa shape index (κ2) is 6.20. The molecule has 3 heterocycles. The maximum absolute atomic E-state index is 12.9. The number of morpholine rings is 1.